The normalized spacial score (nSPS) is 10.4. The number of benzene rings is 1. The van der Waals surface area contributed by atoms with Gasteiger partial charge in [-0.15, -0.1) is 0 Å². The standard InChI is InChI=1S/C13H12FNO3/c14-11-5-10(8-17)13(15-6-11)18-12-3-1-2-9(4-12)7-16/h1-6,16-17H,7-8H2. The molecule has 2 aromatic rings. The van der Waals surface area contributed by atoms with Crippen molar-refractivity contribution in [2.45, 2.75) is 13.2 Å². The van der Waals surface area contributed by atoms with Crippen molar-refractivity contribution in [2.75, 3.05) is 0 Å². The zero-order valence-corrected chi connectivity index (χ0v) is 9.51. The third kappa shape index (κ3) is 2.82. The summed E-state index contributed by atoms with van der Waals surface area (Å²) in [4.78, 5) is 3.78. The second-order valence-corrected chi connectivity index (χ2v) is 3.68. The Morgan fingerprint density at radius 1 is 1.17 bits per heavy atom. The lowest BCUT2D eigenvalue weighted by molar-refractivity contribution is 0.273. The molecule has 0 aliphatic carbocycles. The van der Waals surface area contributed by atoms with Crippen molar-refractivity contribution in [1.29, 1.82) is 0 Å². The molecule has 1 heterocycles. The highest BCUT2D eigenvalue weighted by atomic mass is 19.1. The molecule has 2 N–H and O–H groups in total. The lowest BCUT2D eigenvalue weighted by Crippen LogP contribution is -1.96. The molecule has 0 saturated heterocycles. The number of aliphatic hydroxyl groups excluding tert-OH is 2. The van der Waals surface area contributed by atoms with Gasteiger partial charge in [0.25, 0.3) is 0 Å². The van der Waals surface area contributed by atoms with E-state index in [0.717, 1.165) is 12.3 Å². The largest absolute Gasteiger partial charge is 0.439 e. The lowest BCUT2D eigenvalue weighted by atomic mass is 10.2. The summed E-state index contributed by atoms with van der Waals surface area (Å²) in [6, 6.07) is 7.97. The lowest BCUT2D eigenvalue weighted by Gasteiger charge is -2.09. The van der Waals surface area contributed by atoms with Crippen molar-refractivity contribution in [2.24, 2.45) is 0 Å². The van der Waals surface area contributed by atoms with E-state index in [0.29, 0.717) is 11.3 Å². The van der Waals surface area contributed by atoms with E-state index >= 15 is 0 Å². The van der Waals surface area contributed by atoms with Crippen molar-refractivity contribution in [3.8, 4) is 11.6 Å². The van der Waals surface area contributed by atoms with Gasteiger partial charge in [-0.3, -0.25) is 0 Å². The van der Waals surface area contributed by atoms with Crippen LogP contribution in [0.3, 0.4) is 0 Å². The third-order valence-electron chi connectivity index (χ3n) is 2.36. The maximum Gasteiger partial charge on any atom is 0.224 e. The summed E-state index contributed by atoms with van der Waals surface area (Å²) in [5, 5.41) is 18.1. The second kappa shape index (κ2) is 5.57. The van der Waals surface area contributed by atoms with E-state index < -0.39 is 5.82 Å². The number of halogens is 1. The van der Waals surface area contributed by atoms with Gasteiger partial charge in [0.15, 0.2) is 0 Å². The molecule has 1 aromatic carbocycles. The smallest absolute Gasteiger partial charge is 0.224 e. The highest BCUT2D eigenvalue weighted by Crippen LogP contribution is 2.24. The Balaban J connectivity index is 2.27. The van der Waals surface area contributed by atoms with Gasteiger partial charge in [-0.25, -0.2) is 9.37 Å². The minimum absolute atomic E-state index is 0.0963. The van der Waals surface area contributed by atoms with Gasteiger partial charge in [0.1, 0.15) is 11.6 Å². The van der Waals surface area contributed by atoms with Crippen LogP contribution in [-0.4, -0.2) is 15.2 Å². The van der Waals surface area contributed by atoms with Crippen molar-refractivity contribution in [1.82, 2.24) is 4.98 Å². The van der Waals surface area contributed by atoms with E-state index in [9.17, 15) is 4.39 Å². The molecular formula is C13H12FNO3. The Labute approximate surface area is 103 Å². The minimum atomic E-state index is -0.532. The van der Waals surface area contributed by atoms with Crippen LogP contribution in [0.4, 0.5) is 4.39 Å². The molecular weight excluding hydrogens is 237 g/mol. The number of hydrogen-bond acceptors (Lipinski definition) is 4. The molecule has 1 aromatic heterocycles. The summed E-state index contributed by atoms with van der Waals surface area (Å²) >= 11 is 0. The topological polar surface area (TPSA) is 62.6 Å². The number of pyridine rings is 1. The van der Waals surface area contributed by atoms with Gasteiger partial charge in [-0.2, -0.15) is 0 Å². The minimum Gasteiger partial charge on any atom is -0.439 e. The Morgan fingerprint density at radius 3 is 2.72 bits per heavy atom. The Morgan fingerprint density at radius 2 is 2.00 bits per heavy atom. The van der Waals surface area contributed by atoms with Crippen LogP contribution in [0.15, 0.2) is 36.5 Å². The van der Waals surface area contributed by atoms with Gasteiger partial charge in [0.05, 0.1) is 19.4 Å². The number of aliphatic hydroxyl groups is 2. The quantitative estimate of drug-likeness (QED) is 0.870. The van der Waals surface area contributed by atoms with Gasteiger partial charge < -0.3 is 14.9 Å². The molecule has 0 radical (unpaired) electrons. The van der Waals surface area contributed by atoms with Gasteiger partial charge >= 0.3 is 0 Å². The number of rotatable bonds is 4. The van der Waals surface area contributed by atoms with Crippen LogP contribution in [0, 0.1) is 5.82 Å². The summed E-state index contributed by atoms with van der Waals surface area (Å²) in [6.45, 7) is -0.458. The number of ether oxygens (including phenoxy) is 1. The molecule has 0 spiro atoms. The molecule has 0 bridgehead atoms. The van der Waals surface area contributed by atoms with E-state index in [-0.39, 0.29) is 24.7 Å². The Bertz CT molecular complexity index is 546. The average Bonchev–Trinajstić information content (AvgIpc) is 2.41. The first-order chi connectivity index (χ1) is 8.72. The SMILES string of the molecule is OCc1cccc(Oc2ncc(F)cc2CO)c1. The van der Waals surface area contributed by atoms with Crippen LogP contribution in [0.2, 0.25) is 0 Å². The molecule has 94 valence electrons. The van der Waals surface area contributed by atoms with E-state index in [2.05, 4.69) is 4.98 Å². The van der Waals surface area contributed by atoms with Crippen molar-refractivity contribution < 1.29 is 19.3 Å². The van der Waals surface area contributed by atoms with Gasteiger partial charge in [0.2, 0.25) is 5.88 Å². The number of nitrogens with zero attached hydrogens (tertiary/aromatic N) is 1. The van der Waals surface area contributed by atoms with Gasteiger partial charge in [-0.05, 0) is 23.8 Å². The summed E-state index contributed by atoms with van der Waals surface area (Å²) in [5.41, 5.74) is 0.963. The van der Waals surface area contributed by atoms with E-state index in [4.69, 9.17) is 14.9 Å². The maximum absolute atomic E-state index is 12.9. The average molecular weight is 249 g/mol. The fourth-order valence-electron chi connectivity index (χ4n) is 1.49. The monoisotopic (exact) mass is 249 g/mol. The highest BCUT2D eigenvalue weighted by molar-refractivity contribution is 5.34. The second-order valence-electron chi connectivity index (χ2n) is 3.68. The van der Waals surface area contributed by atoms with Crippen LogP contribution in [0.1, 0.15) is 11.1 Å². The van der Waals surface area contributed by atoms with Crippen molar-refractivity contribution in [3.05, 3.63) is 53.5 Å². The fraction of sp³-hybridized carbons (Fsp3) is 0.154. The van der Waals surface area contributed by atoms with E-state index in [1.54, 1.807) is 24.3 Å². The van der Waals surface area contributed by atoms with Crippen LogP contribution in [-0.2, 0) is 13.2 Å². The molecule has 2 rings (SSSR count). The molecule has 0 aliphatic heterocycles. The first kappa shape index (κ1) is 12.5. The Hall–Kier alpha value is -1.98. The van der Waals surface area contributed by atoms with Crippen LogP contribution in [0.25, 0.3) is 0 Å². The van der Waals surface area contributed by atoms with E-state index in [1.807, 2.05) is 0 Å². The molecule has 0 aliphatic rings. The van der Waals surface area contributed by atoms with Crippen molar-refractivity contribution >= 4 is 0 Å². The number of hydrogen-bond donors (Lipinski definition) is 2. The molecule has 0 fully saturated rings. The van der Waals surface area contributed by atoms with Crippen LogP contribution in [0.5, 0.6) is 11.6 Å². The van der Waals surface area contributed by atoms with Crippen LogP contribution < -0.4 is 4.74 Å². The summed E-state index contributed by atoms with van der Waals surface area (Å²) in [5.74, 6) is 0.0832. The summed E-state index contributed by atoms with van der Waals surface area (Å²) in [7, 11) is 0. The molecule has 0 unspecified atom stereocenters. The Kier molecular flexibility index (Phi) is 3.86. The molecule has 18 heavy (non-hydrogen) atoms. The number of aromatic nitrogens is 1. The summed E-state index contributed by atoms with van der Waals surface area (Å²) < 4.78 is 18.4. The molecule has 5 heteroatoms. The zero-order valence-electron chi connectivity index (χ0n) is 9.51. The van der Waals surface area contributed by atoms with Gasteiger partial charge in [-0.1, -0.05) is 12.1 Å². The fourth-order valence-corrected chi connectivity index (χ4v) is 1.49. The van der Waals surface area contributed by atoms with Crippen LogP contribution >= 0.6 is 0 Å². The first-order valence-electron chi connectivity index (χ1n) is 5.36. The molecule has 0 atom stereocenters. The molecule has 0 saturated carbocycles. The predicted octanol–water partition coefficient (Wildman–Crippen LogP) is 2.00. The maximum atomic E-state index is 12.9. The highest BCUT2D eigenvalue weighted by Gasteiger charge is 2.08. The molecule has 0 amide bonds. The third-order valence-corrected chi connectivity index (χ3v) is 2.36. The predicted molar refractivity (Wildman–Crippen MR) is 62.6 cm³/mol. The summed E-state index contributed by atoms with van der Waals surface area (Å²) in [6.07, 6.45) is 1.02. The van der Waals surface area contributed by atoms with Gasteiger partial charge in [0, 0.05) is 5.56 Å². The van der Waals surface area contributed by atoms with Crippen molar-refractivity contribution in [3.63, 3.8) is 0 Å². The first-order valence-corrected chi connectivity index (χ1v) is 5.36. The molecule has 4 nitrogen and oxygen atoms in total. The van der Waals surface area contributed by atoms with E-state index in [1.165, 1.54) is 0 Å². The zero-order chi connectivity index (χ0) is 13.0.